The topological polar surface area (TPSA) is 361 Å². The quantitative estimate of drug-likeness (QED) is 0.0339. The van der Waals surface area contributed by atoms with Crippen LogP contribution in [0.25, 0.3) is 0 Å². The van der Waals surface area contributed by atoms with Crippen molar-refractivity contribution in [1.82, 2.24) is 26.6 Å². The normalized spacial score (nSPS) is 14.4. The fourth-order valence-electron chi connectivity index (χ4n) is 5.33. The lowest BCUT2D eigenvalue weighted by molar-refractivity contribution is -0.143. The van der Waals surface area contributed by atoms with E-state index < -0.39 is 103 Å². The van der Waals surface area contributed by atoms with Crippen molar-refractivity contribution in [3.05, 3.63) is 0 Å². The van der Waals surface area contributed by atoms with Gasteiger partial charge < -0.3 is 64.8 Å². The van der Waals surface area contributed by atoms with Crippen molar-refractivity contribution < 1.29 is 53.7 Å². The maximum atomic E-state index is 13.7. The van der Waals surface area contributed by atoms with Crippen LogP contribution in [-0.4, -0.2) is 119 Å². The van der Waals surface area contributed by atoms with Gasteiger partial charge in [-0.1, -0.05) is 13.8 Å². The van der Waals surface area contributed by atoms with Crippen LogP contribution in [0.3, 0.4) is 0 Å². The molecule has 0 aromatic carbocycles. The van der Waals surface area contributed by atoms with Crippen LogP contribution in [-0.2, 0) is 38.4 Å². The molecule has 0 spiro atoms. The number of nitrogens with one attached hydrogen (secondary N) is 5. The summed E-state index contributed by atoms with van der Waals surface area (Å²) in [5.74, 6) is -7.91. The molecule has 0 heterocycles. The zero-order valence-corrected chi connectivity index (χ0v) is 31.5. The number of hydrogen-bond acceptors (Lipinski definition) is 12. The van der Waals surface area contributed by atoms with Gasteiger partial charge in [0.25, 0.3) is 0 Å². The molecule has 0 saturated heterocycles. The fraction of sp³-hybridized carbons (Fsp3) is 0.765. The molecule has 0 saturated carbocycles. The van der Waals surface area contributed by atoms with Crippen LogP contribution in [0.1, 0.15) is 104 Å². The molecule has 310 valence electrons. The minimum atomic E-state index is -1.56. The van der Waals surface area contributed by atoms with E-state index in [0.29, 0.717) is 51.5 Å². The highest BCUT2D eigenvalue weighted by atomic mass is 16.4. The van der Waals surface area contributed by atoms with Crippen LogP contribution in [0.15, 0.2) is 0 Å². The summed E-state index contributed by atoms with van der Waals surface area (Å²) in [6.07, 6.45) is 1.24. The Labute approximate surface area is 316 Å². The molecule has 0 aliphatic rings. The van der Waals surface area contributed by atoms with Gasteiger partial charge in [0.15, 0.2) is 0 Å². The molecule has 16 N–H and O–H groups in total. The van der Waals surface area contributed by atoms with E-state index in [-0.39, 0.29) is 44.7 Å². The summed E-state index contributed by atoms with van der Waals surface area (Å²) in [6, 6.07) is -7.68. The molecule has 0 unspecified atom stereocenters. The van der Waals surface area contributed by atoms with Crippen molar-refractivity contribution in [1.29, 1.82) is 0 Å². The number of nitrogens with two attached hydrogens (primary N) is 4. The second kappa shape index (κ2) is 28.1. The van der Waals surface area contributed by atoms with E-state index >= 15 is 0 Å². The zero-order chi connectivity index (χ0) is 41.2. The first-order chi connectivity index (χ1) is 25.5. The molecule has 0 bridgehead atoms. The van der Waals surface area contributed by atoms with Crippen LogP contribution < -0.4 is 49.5 Å². The third-order valence-corrected chi connectivity index (χ3v) is 8.34. The third kappa shape index (κ3) is 22.0. The minimum Gasteiger partial charge on any atom is -0.481 e. The highest BCUT2D eigenvalue weighted by Crippen LogP contribution is 2.10. The molecule has 54 heavy (non-hydrogen) atoms. The molecule has 0 fully saturated rings. The second-order valence-corrected chi connectivity index (χ2v) is 13.6. The monoisotopic (exact) mass is 773 g/mol. The first-order valence-corrected chi connectivity index (χ1v) is 18.5. The van der Waals surface area contributed by atoms with Gasteiger partial charge in [-0.25, -0.2) is 4.79 Å². The van der Waals surface area contributed by atoms with Crippen molar-refractivity contribution in [3.8, 4) is 0 Å². The van der Waals surface area contributed by atoms with E-state index in [0.717, 1.165) is 0 Å². The van der Waals surface area contributed by atoms with Crippen molar-refractivity contribution in [2.45, 2.75) is 140 Å². The number of carbonyl (C=O) groups excluding carboxylic acids is 5. The molecule has 0 rings (SSSR count). The Bertz CT molecular complexity index is 1220. The molecular formula is C34H63N9O11. The third-order valence-electron chi connectivity index (χ3n) is 8.34. The van der Waals surface area contributed by atoms with Crippen molar-refractivity contribution in [2.24, 2.45) is 28.9 Å². The van der Waals surface area contributed by atoms with Gasteiger partial charge in [0.1, 0.15) is 30.2 Å². The Morgan fingerprint density at radius 3 is 1.06 bits per heavy atom. The Hall–Kier alpha value is -4.40. The molecular weight excluding hydrogens is 710 g/mol. The van der Waals surface area contributed by atoms with Gasteiger partial charge >= 0.3 is 17.9 Å². The number of rotatable bonds is 31. The van der Waals surface area contributed by atoms with E-state index in [9.17, 15) is 48.6 Å². The molecule has 0 aliphatic carbocycles. The van der Waals surface area contributed by atoms with Gasteiger partial charge in [-0.05, 0) is 103 Å². The lowest BCUT2D eigenvalue weighted by atomic mass is 10.0. The summed E-state index contributed by atoms with van der Waals surface area (Å²) < 4.78 is 0. The average Bonchev–Trinajstić information content (AvgIpc) is 3.09. The van der Waals surface area contributed by atoms with Crippen LogP contribution >= 0.6 is 0 Å². The van der Waals surface area contributed by atoms with Gasteiger partial charge in [-0.15, -0.1) is 0 Å². The van der Waals surface area contributed by atoms with Gasteiger partial charge in [0.2, 0.25) is 29.5 Å². The van der Waals surface area contributed by atoms with Crippen LogP contribution in [0, 0.1) is 5.92 Å². The summed E-state index contributed by atoms with van der Waals surface area (Å²) in [4.78, 5) is 101. The molecule has 20 nitrogen and oxygen atoms in total. The Kier molecular flexibility index (Phi) is 25.8. The highest BCUT2D eigenvalue weighted by molar-refractivity contribution is 5.96. The predicted octanol–water partition coefficient (Wildman–Crippen LogP) is -2.02. The molecule has 0 aromatic heterocycles. The number of carbonyl (C=O) groups is 8. The highest BCUT2D eigenvalue weighted by Gasteiger charge is 2.33. The minimum absolute atomic E-state index is 0.0212. The summed E-state index contributed by atoms with van der Waals surface area (Å²) in [6.45, 7) is 4.61. The number of hydrogen-bond donors (Lipinski definition) is 12. The number of unbranched alkanes of at least 4 members (excludes halogenated alkanes) is 3. The van der Waals surface area contributed by atoms with Gasteiger partial charge in [-0.2, -0.15) is 0 Å². The first kappa shape index (κ1) is 49.6. The van der Waals surface area contributed by atoms with E-state index in [4.69, 9.17) is 28.0 Å². The average molecular weight is 774 g/mol. The second-order valence-electron chi connectivity index (χ2n) is 13.6. The zero-order valence-electron chi connectivity index (χ0n) is 31.5. The number of carboxylic acid groups (broad SMARTS) is 3. The number of amides is 5. The van der Waals surface area contributed by atoms with E-state index in [1.165, 1.54) is 0 Å². The van der Waals surface area contributed by atoms with Crippen LogP contribution in [0.4, 0.5) is 0 Å². The SMILES string of the molecule is CC(C)C[C@H](N)C(=O)N[C@@H](CCCCN)C(=O)N[C@@H](CCC(=O)O)C(=O)N[C@@H](CCCCN)C(=O)N[C@@H](CCCCN)C(=O)N[C@@H](CCC(=O)O)C(=O)O. The van der Waals surface area contributed by atoms with Crippen molar-refractivity contribution >= 4 is 47.4 Å². The van der Waals surface area contributed by atoms with Gasteiger partial charge in [0.05, 0.1) is 6.04 Å². The number of aliphatic carboxylic acids is 3. The van der Waals surface area contributed by atoms with Crippen molar-refractivity contribution in [3.63, 3.8) is 0 Å². The predicted molar refractivity (Wildman–Crippen MR) is 197 cm³/mol. The summed E-state index contributed by atoms with van der Waals surface area (Å²) in [5.41, 5.74) is 22.8. The van der Waals surface area contributed by atoms with Crippen LogP contribution in [0.2, 0.25) is 0 Å². The van der Waals surface area contributed by atoms with Crippen LogP contribution in [0.5, 0.6) is 0 Å². The summed E-state index contributed by atoms with van der Waals surface area (Å²) in [5, 5.41) is 40.4. The molecule has 0 aliphatic heterocycles. The lowest BCUT2D eigenvalue weighted by Crippen LogP contribution is -2.59. The number of carboxylic acids is 3. The summed E-state index contributed by atoms with van der Waals surface area (Å²) >= 11 is 0. The summed E-state index contributed by atoms with van der Waals surface area (Å²) in [7, 11) is 0. The standard InChI is InChI=1S/C34H63N9O11/c1-20(2)19-21(38)29(48)39-22(9-3-6-16-35)30(49)42-25(12-14-27(44)45)33(52)41-23(10-4-7-17-36)31(50)40-24(11-5-8-18-37)32(51)43-26(34(53)54)13-15-28(46)47/h20-26H,3-19,35-38H2,1-2H3,(H,39,48)(H,40,50)(H,41,52)(H,42,49)(H,43,51)(H,44,45)(H,46,47)(H,53,54)/t21-,22-,23-,24-,25-,26-/m0/s1. The Morgan fingerprint density at radius 1 is 0.463 bits per heavy atom. The van der Waals surface area contributed by atoms with Gasteiger partial charge in [0, 0.05) is 12.8 Å². The Balaban J connectivity index is 6.31. The van der Waals surface area contributed by atoms with E-state index in [2.05, 4.69) is 26.6 Å². The smallest absolute Gasteiger partial charge is 0.326 e. The first-order valence-electron chi connectivity index (χ1n) is 18.5. The lowest BCUT2D eigenvalue weighted by Gasteiger charge is -2.27. The molecule has 0 radical (unpaired) electrons. The molecule has 6 atom stereocenters. The van der Waals surface area contributed by atoms with E-state index in [1.807, 2.05) is 13.8 Å². The Morgan fingerprint density at radius 2 is 0.759 bits per heavy atom. The molecule has 0 aromatic rings. The van der Waals surface area contributed by atoms with E-state index in [1.54, 1.807) is 0 Å². The van der Waals surface area contributed by atoms with Gasteiger partial charge in [-0.3, -0.25) is 33.6 Å². The maximum Gasteiger partial charge on any atom is 0.326 e. The molecule has 5 amide bonds. The largest absolute Gasteiger partial charge is 0.481 e. The maximum absolute atomic E-state index is 13.7. The molecule has 20 heteroatoms. The fourth-order valence-corrected chi connectivity index (χ4v) is 5.33. The van der Waals surface area contributed by atoms with Crippen molar-refractivity contribution in [2.75, 3.05) is 19.6 Å².